The van der Waals surface area contributed by atoms with Gasteiger partial charge >= 0.3 is 0 Å². The van der Waals surface area contributed by atoms with Crippen LogP contribution in [0.4, 0.5) is 0 Å². The third-order valence-electron chi connectivity index (χ3n) is 2.58. The molecule has 0 bridgehead atoms. The Bertz CT molecular complexity index is 331. The smallest absolute Gasteiger partial charge is 0.119 e. The third kappa shape index (κ3) is 6.00. The van der Waals surface area contributed by atoms with E-state index in [0.29, 0.717) is 6.61 Å². The molecule has 0 aliphatic rings. The Kier molecular flexibility index (Phi) is 7.41. The van der Waals surface area contributed by atoms with E-state index in [0.717, 1.165) is 31.0 Å². The van der Waals surface area contributed by atoms with Gasteiger partial charge in [-0.25, -0.2) is 0 Å². The van der Waals surface area contributed by atoms with Crippen molar-refractivity contribution in [1.29, 1.82) is 0 Å². The van der Waals surface area contributed by atoms with Crippen molar-refractivity contribution in [3.05, 3.63) is 29.8 Å². The van der Waals surface area contributed by atoms with E-state index in [1.807, 2.05) is 24.3 Å². The van der Waals surface area contributed by atoms with Gasteiger partial charge in [0.2, 0.25) is 0 Å². The van der Waals surface area contributed by atoms with Crippen LogP contribution in [0.2, 0.25) is 0 Å². The van der Waals surface area contributed by atoms with Crippen molar-refractivity contribution in [3.63, 3.8) is 0 Å². The SMILES string of the molecule is COCCNCC(C)OCc1cccc(OC)c1. The topological polar surface area (TPSA) is 39.7 Å². The Morgan fingerprint density at radius 1 is 1.28 bits per heavy atom. The Balaban J connectivity index is 2.22. The van der Waals surface area contributed by atoms with Gasteiger partial charge in [0.25, 0.3) is 0 Å². The lowest BCUT2D eigenvalue weighted by atomic mass is 10.2. The molecule has 0 aliphatic carbocycles. The van der Waals surface area contributed by atoms with Crippen molar-refractivity contribution in [3.8, 4) is 5.75 Å². The first-order chi connectivity index (χ1) is 8.76. The van der Waals surface area contributed by atoms with Crippen LogP contribution in [0, 0.1) is 0 Å². The molecule has 1 unspecified atom stereocenters. The second-order valence-electron chi connectivity index (χ2n) is 4.17. The summed E-state index contributed by atoms with van der Waals surface area (Å²) in [6, 6.07) is 7.93. The van der Waals surface area contributed by atoms with Gasteiger partial charge in [-0.05, 0) is 24.6 Å². The highest BCUT2D eigenvalue weighted by Gasteiger charge is 2.02. The number of nitrogens with one attached hydrogen (secondary N) is 1. The molecule has 0 saturated carbocycles. The highest BCUT2D eigenvalue weighted by Crippen LogP contribution is 2.13. The largest absolute Gasteiger partial charge is 0.497 e. The van der Waals surface area contributed by atoms with E-state index in [9.17, 15) is 0 Å². The lowest BCUT2D eigenvalue weighted by molar-refractivity contribution is 0.0519. The van der Waals surface area contributed by atoms with Gasteiger partial charge in [0.1, 0.15) is 5.75 Å². The Hall–Kier alpha value is -1.10. The van der Waals surface area contributed by atoms with Gasteiger partial charge in [0, 0.05) is 20.2 Å². The molecule has 102 valence electrons. The van der Waals surface area contributed by atoms with Crippen LogP contribution in [0.15, 0.2) is 24.3 Å². The Morgan fingerprint density at radius 3 is 2.83 bits per heavy atom. The molecule has 1 atom stereocenters. The molecule has 0 fully saturated rings. The summed E-state index contributed by atoms with van der Waals surface area (Å²) in [4.78, 5) is 0. The average molecular weight is 253 g/mol. The van der Waals surface area contributed by atoms with Crippen LogP contribution in [0.3, 0.4) is 0 Å². The fourth-order valence-corrected chi connectivity index (χ4v) is 1.54. The summed E-state index contributed by atoms with van der Waals surface area (Å²) in [5.41, 5.74) is 1.12. The Morgan fingerprint density at radius 2 is 2.11 bits per heavy atom. The molecular formula is C14H23NO3. The first-order valence-electron chi connectivity index (χ1n) is 6.20. The van der Waals surface area contributed by atoms with Crippen LogP contribution in [-0.2, 0) is 16.1 Å². The lowest BCUT2D eigenvalue weighted by Gasteiger charge is -2.14. The predicted octanol–water partition coefficient (Wildman–Crippen LogP) is 1.84. The van der Waals surface area contributed by atoms with E-state index in [1.165, 1.54) is 0 Å². The molecule has 4 heteroatoms. The number of methoxy groups -OCH3 is 2. The van der Waals surface area contributed by atoms with E-state index in [1.54, 1.807) is 14.2 Å². The summed E-state index contributed by atoms with van der Waals surface area (Å²) in [6.45, 7) is 5.06. The summed E-state index contributed by atoms with van der Waals surface area (Å²) in [5, 5.41) is 3.27. The summed E-state index contributed by atoms with van der Waals surface area (Å²) in [7, 11) is 3.37. The maximum Gasteiger partial charge on any atom is 0.119 e. The third-order valence-corrected chi connectivity index (χ3v) is 2.58. The zero-order valence-corrected chi connectivity index (χ0v) is 11.4. The molecule has 4 nitrogen and oxygen atoms in total. The molecule has 1 aromatic rings. The summed E-state index contributed by atoms with van der Waals surface area (Å²) in [5.74, 6) is 0.863. The van der Waals surface area contributed by atoms with E-state index in [2.05, 4.69) is 12.2 Å². The maximum absolute atomic E-state index is 5.75. The maximum atomic E-state index is 5.75. The second kappa shape index (κ2) is 8.91. The molecule has 0 saturated heterocycles. The van der Waals surface area contributed by atoms with Crippen LogP contribution in [-0.4, -0.2) is 40.0 Å². The molecule has 0 amide bonds. The molecular weight excluding hydrogens is 230 g/mol. The molecule has 0 aliphatic heterocycles. The number of hydrogen-bond acceptors (Lipinski definition) is 4. The summed E-state index contributed by atoms with van der Waals surface area (Å²) >= 11 is 0. The van der Waals surface area contributed by atoms with Crippen molar-refractivity contribution in [2.24, 2.45) is 0 Å². The number of benzene rings is 1. The van der Waals surface area contributed by atoms with Crippen LogP contribution in [0.1, 0.15) is 12.5 Å². The fraction of sp³-hybridized carbons (Fsp3) is 0.571. The minimum atomic E-state index is 0.174. The van der Waals surface area contributed by atoms with Crippen LogP contribution in [0.25, 0.3) is 0 Å². The van der Waals surface area contributed by atoms with E-state index in [-0.39, 0.29) is 6.10 Å². The monoisotopic (exact) mass is 253 g/mol. The number of rotatable bonds is 9. The van der Waals surface area contributed by atoms with Crippen LogP contribution in [0.5, 0.6) is 5.75 Å². The van der Waals surface area contributed by atoms with Gasteiger partial charge < -0.3 is 19.5 Å². The molecule has 0 aromatic heterocycles. The van der Waals surface area contributed by atoms with Gasteiger partial charge in [0.15, 0.2) is 0 Å². The standard InChI is InChI=1S/C14H23NO3/c1-12(10-15-7-8-16-2)18-11-13-5-4-6-14(9-13)17-3/h4-6,9,12,15H,7-8,10-11H2,1-3H3. The first kappa shape index (κ1) is 15.0. The Labute approximate surface area is 109 Å². The molecule has 1 rings (SSSR count). The lowest BCUT2D eigenvalue weighted by Crippen LogP contribution is -2.29. The summed E-state index contributed by atoms with van der Waals surface area (Å²) < 4.78 is 15.9. The highest BCUT2D eigenvalue weighted by molar-refractivity contribution is 5.27. The molecule has 1 N–H and O–H groups in total. The van der Waals surface area contributed by atoms with Gasteiger partial charge in [-0.2, -0.15) is 0 Å². The quantitative estimate of drug-likeness (QED) is 0.682. The van der Waals surface area contributed by atoms with E-state index >= 15 is 0 Å². The van der Waals surface area contributed by atoms with E-state index < -0.39 is 0 Å². The van der Waals surface area contributed by atoms with E-state index in [4.69, 9.17) is 14.2 Å². The van der Waals surface area contributed by atoms with Crippen LogP contribution >= 0.6 is 0 Å². The second-order valence-corrected chi connectivity index (χ2v) is 4.17. The molecule has 0 spiro atoms. The molecule has 0 radical (unpaired) electrons. The normalized spacial score (nSPS) is 12.4. The molecule has 0 heterocycles. The van der Waals surface area contributed by atoms with Gasteiger partial charge in [0.05, 0.1) is 26.4 Å². The minimum Gasteiger partial charge on any atom is -0.497 e. The van der Waals surface area contributed by atoms with Gasteiger partial charge in [-0.15, -0.1) is 0 Å². The van der Waals surface area contributed by atoms with Gasteiger partial charge in [-0.3, -0.25) is 0 Å². The molecule has 18 heavy (non-hydrogen) atoms. The van der Waals surface area contributed by atoms with Crippen molar-refractivity contribution < 1.29 is 14.2 Å². The zero-order valence-electron chi connectivity index (χ0n) is 11.4. The van der Waals surface area contributed by atoms with Crippen LogP contribution < -0.4 is 10.1 Å². The molecule has 1 aromatic carbocycles. The number of hydrogen-bond donors (Lipinski definition) is 1. The first-order valence-corrected chi connectivity index (χ1v) is 6.20. The van der Waals surface area contributed by atoms with Crippen molar-refractivity contribution in [2.45, 2.75) is 19.6 Å². The van der Waals surface area contributed by atoms with Crippen molar-refractivity contribution in [2.75, 3.05) is 33.9 Å². The number of ether oxygens (including phenoxy) is 3. The highest BCUT2D eigenvalue weighted by atomic mass is 16.5. The van der Waals surface area contributed by atoms with Crippen molar-refractivity contribution in [1.82, 2.24) is 5.32 Å². The predicted molar refractivity (Wildman–Crippen MR) is 72.0 cm³/mol. The summed E-state index contributed by atoms with van der Waals surface area (Å²) in [6.07, 6.45) is 0.174. The minimum absolute atomic E-state index is 0.174. The van der Waals surface area contributed by atoms with Crippen molar-refractivity contribution >= 4 is 0 Å². The van der Waals surface area contributed by atoms with Gasteiger partial charge in [-0.1, -0.05) is 12.1 Å². The zero-order chi connectivity index (χ0) is 13.2. The average Bonchev–Trinajstić information content (AvgIpc) is 2.41. The fourth-order valence-electron chi connectivity index (χ4n) is 1.54.